The average molecular weight is 145 g/mol. The molecule has 0 bridgehead atoms. The van der Waals surface area contributed by atoms with E-state index < -0.39 is 6.10 Å². The van der Waals surface area contributed by atoms with Crippen molar-refractivity contribution in [1.29, 1.82) is 0 Å². The minimum Gasteiger partial charge on any atom is -0.393 e. The van der Waals surface area contributed by atoms with Gasteiger partial charge in [-0.25, -0.2) is 0 Å². The molecule has 0 spiro atoms. The fourth-order valence-electron chi connectivity index (χ4n) is 0.828. The first kappa shape index (κ1) is 9.59. The number of hydrogen-bond acceptors (Lipinski definition) is 3. The monoisotopic (exact) mass is 145 g/mol. The second-order valence-corrected chi connectivity index (χ2v) is 2.54. The van der Waals surface area contributed by atoms with Crippen LogP contribution >= 0.6 is 0 Å². The van der Waals surface area contributed by atoms with E-state index in [-0.39, 0.29) is 11.8 Å². The summed E-state index contributed by atoms with van der Waals surface area (Å²) in [4.78, 5) is 10.7. The van der Waals surface area contributed by atoms with Crippen LogP contribution in [0.5, 0.6) is 0 Å². The van der Waals surface area contributed by atoms with E-state index in [4.69, 9.17) is 5.11 Å². The zero-order chi connectivity index (χ0) is 8.15. The number of rotatable bonds is 4. The maximum atomic E-state index is 10.7. The maximum Gasteiger partial charge on any atom is 0.146 e. The van der Waals surface area contributed by atoms with E-state index in [1.807, 2.05) is 0 Å². The van der Waals surface area contributed by atoms with Crippen LogP contribution in [-0.2, 0) is 4.79 Å². The number of nitrogens with one attached hydrogen (secondary N) is 1. The average Bonchev–Trinajstić information content (AvgIpc) is 1.81. The largest absolute Gasteiger partial charge is 0.393 e. The van der Waals surface area contributed by atoms with Gasteiger partial charge in [0.15, 0.2) is 0 Å². The van der Waals surface area contributed by atoms with Gasteiger partial charge in [-0.05, 0) is 27.3 Å². The third kappa shape index (κ3) is 3.58. The molecular weight excluding hydrogens is 130 g/mol. The van der Waals surface area contributed by atoms with E-state index in [1.165, 1.54) is 6.92 Å². The van der Waals surface area contributed by atoms with Crippen molar-refractivity contribution in [2.75, 3.05) is 7.05 Å². The number of aliphatic hydroxyl groups excluding tert-OH is 1. The number of likely N-dealkylation sites (N-methyl/N-ethyl adjacent to an activating group) is 1. The van der Waals surface area contributed by atoms with E-state index in [1.54, 1.807) is 14.0 Å². The number of aliphatic hydroxyl groups is 1. The van der Waals surface area contributed by atoms with E-state index in [0.29, 0.717) is 6.42 Å². The van der Waals surface area contributed by atoms with Crippen LogP contribution in [0.1, 0.15) is 20.3 Å². The van der Waals surface area contributed by atoms with Gasteiger partial charge >= 0.3 is 0 Å². The van der Waals surface area contributed by atoms with Crippen LogP contribution < -0.4 is 5.32 Å². The molecule has 0 aliphatic heterocycles. The highest BCUT2D eigenvalue weighted by atomic mass is 16.3. The summed E-state index contributed by atoms with van der Waals surface area (Å²) >= 11 is 0. The third-order valence-electron chi connectivity index (χ3n) is 1.42. The first-order chi connectivity index (χ1) is 4.57. The van der Waals surface area contributed by atoms with Crippen molar-refractivity contribution in [2.45, 2.75) is 32.4 Å². The van der Waals surface area contributed by atoms with Crippen molar-refractivity contribution in [3.05, 3.63) is 0 Å². The Bertz CT molecular complexity index is 112. The molecular formula is C7H15NO2. The lowest BCUT2D eigenvalue weighted by atomic mass is 10.1. The van der Waals surface area contributed by atoms with Gasteiger partial charge in [-0.15, -0.1) is 0 Å². The molecule has 0 aliphatic rings. The molecule has 0 saturated carbocycles. The number of ketones is 1. The van der Waals surface area contributed by atoms with Crippen LogP contribution in [0.15, 0.2) is 0 Å². The first-order valence-electron chi connectivity index (χ1n) is 3.43. The van der Waals surface area contributed by atoms with Crippen LogP contribution in [0.25, 0.3) is 0 Å². The molecule has 10 heavy (non-hydrogen) atoms. The summed E-state index contributed by atoms with van der Waals surface area (Å²) in [6, 6.07) is -0.194. The molecule has 0 amide bonds. The van der Waals surface area contributed by atoms with Crippen molar-refractivity contribution in [2.24, 2.45) is 0 Å². The molecule has 0 fully saturated rings. The number of carbonyl (C=O) groups is 1. The van der Waals surface area contributed by atoms with Gasteiger partial charge in [0.25, 0.3) is 0 Å². The molecule has 0 rings (SSSR count). The third-order valence-corrected chi connectivity index (χ3v) is 1.42. The minimum atomic E-state index is -0.415. The Kier molecular flexibility index (Phi) is 4.23. The van der Waals surface area contributed by atoms with Crippen LogP contribution in [0.3, 0.4) is 0 Å². The van der Waals surface area contributed by atoms with Crippen molar-refractivity contribution in [3.8, 4) is 0 Å². The van der Waals surface area contributed by atoms with Gasteiger partial charge in [-0.2, -0.15) is 0 Å². The predicted molar refractivity (Wildman–Crippen MR) is 39.8 cm³/mol. The summed E-state index contributed by atoms with van der Waals surface area (Å²) in [7, 11) is 1.72. The highest BCUT2D eigenvalue weighted by Crippen LogP contribution is 1.97. The molecule has 3 nitrogen and oxygen atoms in total. The van der Waals surface area contributed by atoms with E-state index >= 15 is 0 Å². The van der Waals surface area contributed by atoms with Gasteiger partial charge in [-0.3, -0.25) is 4.79 Å². The lowest BCUT2D eigenvalue weighted by molar-refractivity contribution is -0.119. The highest BCUT2D eigenvalue weighted by molar-refractivity contribution is 5.81. The Balaban J connectivity index is 3.72. The van der Waals surface area contributed by atoms with E-state index in [9.17, 15) is 4.79 Å². The molecule has 2 N–H and O–H groups in total. The lowest BCUT2D eigenvalue weighted by Crippen LogP contribution is -2.35. The van der Waals surface area contributed by atoms with Crippen molar-refractivity contribution >= 4 is 5.78 Å². The molecule has 0 aromatic carbocycles. The van der Waals surface area contributed by atoms with Crippen LogP contribution in [0, 0.1) is 0 Å². The van der Waals surface area contributed by atoms with Crippen molar-refractivity contribution in [1.82, 2.24) is 5.32 Å². The zero-order valence-corrected chi connectivity index (χ0v) is 6.72. The van der Waals surface area contributed by atoms with Gasteiger partial charge in [-0.1, -0.05) is 0 Å². The molecule has 0 radical (unpaired) electrons. The fraction of sp³-hybridized carbons (Fsp3) is 0.857. The van der Waals surface area contributed by atoms with E-state index in [0.717, 1.165) is 0 Å². The van der Waals surface area contributed by atoms with Gasteiger partial charge < -0.3 is 10.4 Å². The maximum absolute atomic E-state index is 10.7. The van der Waals surface area contributed by atoms with Gasteiger partial charge in [0.05, 0.1) is 12.1 Å². The van der Waals surface area contributed by atoms with Crippen molar-refractivity contribution in [3.63, 3.8) is 0 Å². The second-order valence-electron chi connectivity index (χ2n) is 2.54. The fourth-order valence-corrected chi connectivity index (χ4v) is 0.828. The summed E-state index contributed by atoms with van der Waals surface area (Å²) in [6.45, 7) is 3.19. The smallest absolute Gasteiger partial charge is 0.146 e. The van der Waals surface area contributed by atoms with E-state index in [2.05, 4.69) is 5.32 Å². The molecule has 0 aliphatic carbocycles. The minimum absolute atomic E-state index is 0.0726. The standard InChI is InChI=1S/C7H15NO2/c1-5(9)4-7(8-3)6(2)10/h5,7-9H,4H2,1-3H3/t5?,7-/m0/s1. The lowest BCUT2D eigenvalue weighted by Gasteiger charge is -2.13. The molecule has 0 aromatic heterocycles. The topological polar surface area (TPSA) is 49.3 Å². The summed E-state index contributed by atoms with van der Waals surface area (Å²) in [6.07, 6.45) is 0.0765. The Morgan fingerprint density at radius 3 is 2.30 bits per heavy atom. The Morgan fingerprint density at radius 2 is 2.20 bits per heavy atom. The molecule has 1 unspecified atom stereocenters. The molecule has 0 saturated heterocycles. The predicted octanol–water partition coefficient (Wildman–Crippen LogP) is -0.0657. The van der Waals surface area contributed by atoms with Gasteiger partial charge in [0, 0.05) is 0 Å². The summed E-state index contributed by atoms with van der Waals surface area (Å²) in [5.74, 6) is 0.0726. The summed E-state index contributed by atoms with van der Waals surface area (Å²) in [5, 5.41) is 11.7. The second kappa shape index (κ2) is 4.41. The molecule has 0 aromatic rings. The first-order valence-corrected chi connectivity index (χ1v) is 3.43. The van der Waals surface area contributed by atoms with Gasteiger partial charge in [0.2, 0.25) is 0 Å². The van der Waals surface area contributed by atoms with Crippen LogP contribution in [0.4, 0.5) is 0 Å². The zero-order valence-electron chi connectivity index (χ0n) is 6.72. The quantitative estimate of drug-likeness (QED) is 0.582. The molecule has 0 heterocycles. The SMILES string of the molecule is CN[C@@H](CC(C)O)C(C)=O. The highest BCUT2D eigenvalue weighted by Gasteiger charge is 2.13. The Hall–Kier alpha value is -0.410. The summed E-state index contributed by atoms with van der Waals surface area (Å²) < 4.78 is 0. The van der Waals surface area contributed by atoms with Crippen molar-refractivity contribution < 1.29 is 9.90 Å². The van der Waals surface area contributed by atoms with Crippen LogP contribution in [0.2, 0.25) is 0 Å². The van der Waals surface area contributed by atoms with Crippen LogP contribution in [-0.4, -0.2) is 30.1 Å². The molecule has 2 atom stereocenters. The Labute approximate surface area is 61.4 Å². The number of carbonyl (C=O) groups excluding carboxylic acids is 1. The number of hydrogen-bond donors (Lipinski definition) is 2. The number of Topliss-reactive ketones (excluding diaryl/α,β-unsaturated/α-hetero) is 1. The summed E-state index contributed by atoms with van der Waals surface area (Å²) in [5.41, 5.74) is 0. The molecule has 3 heteroatoms. The van der Waals surface area contributed by atoms with Gasteiger partial charge in [0.1, 0.15) is 5.78 Å². The molecule has 60 valence electrons. The Morgan fingerprint density at radius 1 is 1.70 bits per heavy atom. The normalized spacial score (nSPS) is 16.4.